The minimum absolute atomic E-state index is 0.315. The van der Waals surface area contributed by atoms with Crippen LogP contribution < -0.4 is 10.6 Å². The summed E-state index contributed by atoms with van der Waals surface area (Å²) < 4.78 is 5.15. The Morgan fingerprint density at radius 2 is 1.80 bits per heavy atom. The zero-order valence-corrected chi connectivity index (χ0v) is 13.4. The number of hydrogen-bond acceptors (Lipinski definition) is 5. The van der Waals surface area contributed by atoms with Gasteiger partial charge < -0.3 is 15.4 Å². The summed E-state index contributed by atoms with van der Waals surface area (Å²) in [5.74, 6) is 3.41. The Kier molecular flexibility index (Phi) is 7.30. The average molecular weight is 280 g/mol. The van der Waals surface area contributed by atoms with Gasteiger partial charge in [-0.15, -0.1) is 0 Å². The minimum Gasteiger partial charge on any atom is -0.384 e. The maximum Gasteiger partial charge on any atom is 0.135 e. The number of nitrogens with one attached hydrogen (secondary N) is 2. The van der Waals surface area contributed by atoms with Crippen molar-refractivity contribution in [3.05, 3.63) is 11.9 Å². The fourth-order valence-electron chi connectivity index (χ4n) is 1.78. The van der Waals surface area contributed by atoms with Crippen LogP contribution in [0.4, 0.5) is 11.6 Å². The van der Waals surface area contributed by atoms with Crippen molar-refractivity contribution in [1.29, 1.82) is 0 Å². The highest BCUT2D eigenvalue weighted by Gasteiger charge is 2.09. The summed E-state index contributed by atoms with van der Waals surface area (Å²) in [5, 5.41) is 6.70. The van der Waals surface area contributed by atoms with Crippen LogP contribution in [0.15, 0.2) is 6.07 Å². The highest BCUT2D eigenvalue weighted by molar-refractivity contribution is 5.47. The SMILES string of the molecule is CCCNc1cc(NCC(C)COC)nc(C(C)C)n1. The maximum absolute atomic E-state index is 5.15. The van der Waals surface area contributed by atoms with E-state index in [1.54, 1.807) is 7.11 Å². The molecule has 1 aromatic rings. The predicted octanol–water partition coefficient (Wildman–Crippen LogP) is 3.12. The molecule has 0 aliphatic rings. The zero-order chi connectivity index (χ0) is 15.0. The normalized spacial score (nSPS) is 12.5. The molecule has 1 rings (SSSR count). The second kappa shape index (κ2) is 8.74. The molecule has 0 aliphatic heterocycles. The third kappa shape index (κ3) is 5.74. The molecular weight excluding hydrogens is 252 g/mol. The van der Waals surface area contributed by atoms with Crippen LogP contribution in [0.2, 0.25) is 0 Å². The van der Waals surface area contributed by atoms with Gasteiger partial charge in [-0.1, -0.05) is 27.7 Å². The molecule has 20 heavy (non-hydrogen) atoms. The van der Waals surface area contributed by atoms with Gasteiger partial charge in [0.15, 0.2) is 0 Å². The fraction of sp³-hybridized carbons (Fsp3) is 0.733. The van der Waals surface area contributed by atoms with Gasteiger partial charge in [0.1, 0.15) is 17.5 Å². The third-order valence-electron chi connectivity index (χ3n) is 2.90. The quantitative estimate of drug-likeness (QED) is 0.728. The van der Waals surface area contributed by atoms with Gasteiger partial charge >= 0.3 is 0 Å². The van der Waals surface area contributed by atoms with E-state index in [-0.39, 0.29) is 0 Å². The number of ether oxygens (including phenoxy) is 1. The molecule has 0 saturated carbocycles. The fourth-order valence-corrected chi connectivity index (χ4v) is 1.78. The molecule has 0 radical (unpaired) electrons. The van der Waals surface area contributed by atoms with Gasteiger partial charge in [0.25, 0.3) is 0 Å². The van der Waals surface area contributed by atoms with E-state index in [9.17, 15) is 0 Å². The lowest BCUT2D eigenvalue weighted by Crippen LogP contribution is -2.17. The summed E-state index contributed by atoms with van der Waals surface area (Å²) >= 11 is 0. The maximum atomic E-state index is 5.15. The molecule has 2 N–H and O–H groups in total. The van der Waals surface area contributed by atoms with E-state index in [0.717, 1.165) is 43.6 Å². The number of anilines is 2. The second-order valence-corrected chi connectivity index (χ2v) is 5.52. The monoisotopic (exact) mass is 280 g/mol. The van der Waals surface area contributed by atoms with Crippen molar-refractivity contribution in [3.8, 4) is 0 Å². The van der Waals surface area contributed by atoms with Crippen LogP contribution in [0.3, 0.4) is 0 Å². The molecule has 1 atom stereocenters. The molecule has 1 heterocycles. The van der Waals surface area contributed by atoms with Crippen LogP contribution in [0.5, 0.6) is 0 Å². The van der Waals surface area contributed by atoms with E-state index in [1.165, 1.54) is 0 Å². The van der Waals surface area contributed by atoms with Gasteiger partial charge in [0.2, 0.25) is 0 Å². The number of rotatable bonds is 9. The Labute approximate surface area is 122 Å². The summed E-state index contributed by atoms with van der Waals surface area (Å²) in [4.78, 5) is 9.12. The lowest BCUT2D eigenvalue weighted by atomic mass is 10.2. The predicted molar refractivity (Wildman–Crippen MR) is 84.4 cm³/mol. The summed E-state index contributed by atoms with van der Waals surface area (Å²) in [6.07, 6.45) is 1.08. The first kappa shape index (κ1) is 16.7. The van der Waals surface area contributed by atoms with E-state index < -0.39 is 0 Å². The number of nitrogens with zero attached hydrogens (tertiary/aromatic N) is 2. The van der Waals surface area contributed by atoms with Crippen LogP contribution in [-0.4, -0.2) is 36.8 Å². The summed E-state index contributed by atoms with van der Waals surface area (Å²) in [5.41, 5.74) is 0. The van der Waals surface area contributed by atoms with Gasteiger partial charge in [-0.25, -0.2) is 9.97 Å². The Hall–Kier alpha value is -1.36. The second-order valence-electron chi connectivity index (χ2n) is 5.52. The molecule has 5 heteroatoms. The number of hydrogen-bond donors (Lipinski definition) is 2. The van der Waals surface area contributed by atoms with Gasteiger partial charge in [-0.3, -0.25) is 0 Å². The summed E-state index contributed by atoms with van der Waals surface area (Å²) in [6.45, 7) is 11.0. The van der Waals surface area contributed by atoms with Crippen molar-refractivity contribution in [2.24, 2.45) is 5.92 Å². The van der Waals surface area contributed by atoms with Gasteiger partial charge in [0, 0.05) is 32.2 Å². The number of methoxy groups -OCH3 is 1. The van der Waals surface area contributed by atoms with Crippen LogP contribution in [-0.2, 0) is 4.74 Å². The van der Waals surface area contributed by atoms with E-state index in [2.05, 4.69) is 48.3 Å². The molecule has 1 aromatic heterocycles. The van der Waals surface area contributed by atoms with Crippen LogP contribution in [0.1, 0.15) is 45.9 Å². The van der Waals surface area contributed by atoms with Crippen LogP contribution in [0, 0.1) is 5.92 Å². The molecule has 0 bridgehead atoms. The zero-order valence-electron chi connectivity index (χ0n) is 13.4. The average Bonchev–Trinajstić information content (AvgIpc) is 2.43. The molecule has 0 amide bonds. The summed E-state index contributed by atoms with van der Waals surface area (Å²) in [7, 11) is 1.73. The van der Waals surface area contributed by atoms with Crippen molar-refractivity contribution in [1.82, 2.24) is 9.97 Å². The molecule has 114 valence electrons. The van der Waals surface area contributed by atoms with E-state index >= 15 is 0 Å². The first-order chi connectivity index (χ1) is 9.56. The Morgan fingerprint density at radius 1 is 1.15 bits per heavy atom. The Balaban J connectivity index is 2.74. The van der Waals surface area contributed by atoms with Gasteiger partial charge in [-0.2, -0.15) is 0 Å². The van der Waals surface area contributed by atoms with Gasteiger partial charge in [-0.05, 0) is 12.3 Å². The molecule has 0 aromatic carbocycles. The molecular formula is C15H28N4O. The number of aromatic nitrogens is 2. The molecule has 0 aliphatic carbocycles. The van der Waals surface area contributed by atoms with E-state index in [4.69, 9.17) is 4.74 Å². The highest BCUT2D eigenvalue weighted by Crippen LogP contribution is 2.17. The smallest absolute Gasteiger partial charge is 0.135 e. The van der Waals surface area contributed by atoms with Crippen LogP contribution >= 0.6 is 0 Å². The molecule has 1 unspecified atom stereocenters. The lowest BCUT2D eigenvalue weighted by Gasteiger charge is -2.15. The van der Waals surface area contributed by atoms with Gasteiger partial charge in [0.05, 0.1) is 6.61 Å². The van der Waals surface area contributed by atoms with Crippen molar-refractivity contribution in [2.45, 2.75) is 40.0 Å². The molecule has 0 fully saturated rings. The Morgan fingerprint density at radius 3 is 2.35 bits per heavy atom. The lowest BCUT2D eigenvalue weighted by molar-refractivity contribution is 0.164. The minimum atomic E-state index is 0.315. The standard InChI is InChI=1S/C15H28N4O/c1-6-7-16-13-8-14(17-9-12(4)10-20-5)19-15(18-13)11(2)3/h8,11-12H,6-7,9-10H2,1-5H3,(H2,16,17,18,19). The molecule has 0 saturated heterocycles. The Bertz CT molecular complexity index is 395. The van der Waals surface area contributed by atoms with E-state index in [1.807, 2.05) is 6.07 Å². The third-order valence-corrected chi connectivity index (χ3v) is 2.90. The molecule has 5 nitrogen and oxygen atoms in total. The summed E-state index contributed by atoms with van der Waals surface area (Å²) in [6, 6.07) is 1.97. The molecule has 0 spiro atoms. The van der Waals surface area contributed by atoms with Crippen molar-refractivity contribution in [2.75, 3.05) is 37.4 Å². The van der Waals surface area contributed by atoms with Crippen molar-refractivity contribution < 1.29 is 4.74 Å². The first-order valence-electron chi connectivity index (χ1n) is 7.42. The first-order valence-corrected chi connectivity index (χ1v) is 7.42. The topological polar surface area (TPSA) is 59.1 Å². The van der Waals surface area contributed by atoms with Crippen molar-refractivity contribution >= 4 is 11.6 Å². The van der Waals surface area contributed by atoms with E-state index in [0.29, 0.717) is 11.8 Å². The van der Waals surface area contributed by atoms with Crippen molar-refractivity contribution in [3.63, 3.8) is 0 Å². The highest BCUT2D eigenvalue weighted by atomic mass is 16.5. The largest absolute Gasteiger partial charge is 0.384 e. The van der Waals surface area contributed by atoms with Crippen LogP contribution in [0.25, 0.3) is 0 Å².